The molecule has 1 N–H and O–H groups in total. The van der Waals surface area contributed by atoms with Crippen molar-refractivity contribution in [2.45, 2.75) is 26.4 Å². The Bertz CT molecular complexity index is 1240. The Morgan fingerprint density at radius 3 is 2.61 bits per heavy atom. The first-order chi connectivity index (χ1) is 15.9. The lowest BCUT2D eigenvalue weighted by Crippen LogP contribution is -2.29. The number of benzene rings is 2. The van der Waals surface area contributed by atoms with Crippen molar-refractivity contribution in [3.63, 3.8) is 0 Å². The highest BCUT2D eigenvalue weighted by Crippen LogP contribution is 2.41. The second-order valence-corrected chi connectivity index (χ2v) is 7.72. The fourth-order valence-electron chi connectivity index (χ4n) is 4.06. The number of aliphatic hydroxyl groups excluding tert-OH is 1. The molecule has 1 aliphatic rings. The molecule has 1 fully saturated rings. The molecule has 1 saturated heterocycles. The molecule has 1 amide bonds. The van der Waals surface area contributed by atoms with E-state index in [-0.39, 0.29) is 23.4 Å². The zero-order valence-corrected chi connectivity index (χ0v) is 18.3. The summed E-state index contributed by atoms with van der Waals surface area (Å²) in [5.41, 5.74) is 1.69. The van der Waals surface area contributed by atoms with Gasteiger partial charge in [0.25, 0.3) is 11.7 Å². The molecular formula is C26H23FN2O4. The molecule has 1 unspecified atom stereocenters. The van der Waals surface area contributed by atoms with E-state index in [1.165, 1.54) is 23.1 Å². The van der Waals surface area contributed by atoms with Crippen molar-refractivity contribution in [3.05, 3.63) is 101 Å². The van der Waals surface area contributed by atoms with Crippen LogP contribution in [-0.2, 0) is 16.1 Å². The van der Waals surface area contributed by atoms with Crippen LogP contribution in [-0.4, -0.2) is 33.3 Å². The molecule has 1 aliphatic heterocycles. The third-order valence-corrected chi connectivity index (χ3v) is 5.58. The third kappa shape index (κ3) is 4.22. The van der Waals surface area contributed by atoms with Crippen LogP contribution in [0.25, 0.3) is 5.76 Å². The van der Waals surface area contributed by atoms with Gasteiger partial charge in [0.05, 0.1) is 18.2 Å². The molecule has 7 heteroatoms. The lowest BCUT2D eigenvalue weighted by atomic mass is 9.93. The predicted molar refractivity (Wildman–Crippen MR) is 121 cm³/mol. The van der Waals surface area contributed by atoms with E-state index in [2.05, 4.69) is 4.98 Å². The van der Waals surface area contributed by atoms with Gasteiger partial charge >= 0.3 is 0 Å². The number of Topliss-reactive ketones (excluding diaryl/α,β-unsaturated/α-hetero) is 1. The Morgan fingerprint density at radius 2 is 1.94 bits per heavy atom. The number of carbonyl (C=O) groups is 2. The number of pyridine rings is 1. The fourth-order valence-corrected chi connectivity index (χ4v) is 4.06. The number of ether oxygens (including phenoxy) is 1. The number of halogens is 1. The maximum absolute atomic E-state index is 14.9. The first kappa shape index (κ1) is 22.2. The molecule has 3 aromatic rings. The summed E-state index contributed by atoms with van der Waals surface area (Å²) in [4.78, 5) is 31.5. The minimum absolute atomic E-state index is 0.0381. The molecule has 33 heavy (non-hydrogen) atoms. The van der Waals surface area contributed by atoms with E-state index in [1.807, 2.05) is 6.92 Å². The maximum Gasteiger partial charge on any atom is 0.295 e. The van der Waals surface area contributed by atoms with Crippen LogP contribution in [0.3, 0.4) is 0 Å². The highest BCUT2D eigenvalue weighted by Gasteiger charge is 2.47. The number of carbonyl (C=O) groups excluding carboxylic acids is 2. The van der Waals surface area contributed by atoms with Gasteiger partial charge in [0.1, 0.15) is 17.3 Å². The standard InChI is InChI=1S/C26H23FN2O4/c1-3-33-18-10-11-19(16(2)13-18)24(30)22-23(20-8-4-5-9-21(20)27)29(26(32)25(22)31)15-17-7-6-12-28-14-17/h4-14,23,30H,3,15H2,1-2H3/b24-22-. The van der Waals surface area contributed by atoms with E-state index in [1.54, 1.807) is 55.7 Å². The number of aryl methyl sites for hydroxylation is 1. The number of rotatable bonds is 6. The van der Waals surface area contributed by atoms with Gasteiger partial charge in [-0.2, -0.15) is 0 Å². The fraction of sp³-hybridized carbons (Fsp3) is 0.192. The molecule has 0 saturated carbocycles. The van der Waals surface area contributed by atoms with Crippen LogP contribution in [0.1, 0.15) is 35.2 Å². The first-order valence-corrected chi connectivity index (χ1v) is 10.6. The van der Waals surface area contributed by atoms with Crippen LogP contribution in [0.15, 0.2) is 72.6 Å². The summed E-state index contributed by atoms with van der Waals surface area (Å²) in [6, 6.07) is 13.4. The van der Waals surface area contributed by atoms with Crippen molar-refractivity contribution in [1.29, 1.82) is 0 Å². The van der Waals surface area contributed by atoms with Crippen molar-refractivity contribution < 1.29 is 23.8 Å². The summed E-state index contributed by atoms with van der Waals surface area (Å²) in [5, 5.41) is 11.2. The first-order valence-electron chi connectivity index (χ1n) is 10.6. The number of aliphatic hydroxyl groups is 1. The molecule has 2 heterocycles. The average molecular weight is 446 g/mol. The van der Waals surface area contributed by atoms with Gasteiger partial charge in [0, 0.05) is 30.1 Å². The van der Waals surface area contributed by atoms with Gasteiger partial charge in [-0.1, -0.05) is 24.3 Å². The topological polar surface area (TPSA) is 79.7 Å². The normalized spacial score (nSPS) is 17.4. The van der Waals surface area contributed by atoms with Crippen LogP contribution in [0, 0.1) is 12.7 Å². The summed E-state index contributed by atoms with van der Waals surface area (Å²) in [5.74, 6) is -1.98. The maximum atomic E-state index is 14.9. The summed E-state index contributed by atoms with van der Waals surface area (Å²) < 4.78 is 20.4. The van der Waals surface area contributed by atoms with E-state index in [9.17, 15) is 19.1 Å². The zero-order valence-electron chi connectivity index (χ0n) is 18.3. The molecule has 1 atom stereocenters. The van der Waals surface area contributed by atoms with Crippen molar-refractivity contribution in [2.75, 3.05) is 6.61 Å². The Kier molecular flexibility index (Phi) is 6.22. The van der Waals surface area contributed by atoms with E-state index in [0.29, 0.717) is 29.0 Å². The van der Waals surface area contributed by atoms with Crippen molar-refractivity contribution in [3.8, 4) is 5.75 Å². The Labute approximate surface area is 191 Å². The highest BCUT2D eigenvalue weighted by molar-refractivity contribution is 6.46. The Morgan fingerprint density at radius 1 is 1.15 bits per heavy atom. The largest absolute Gasteiger partial charge is 0.507 e. The number of amides is 1. The molecule has 168 valence electrons. The van der Waals surface area contributed by atoms with Crippen molar-refractivity contribution in [1.82, 2.24) is 9.88 Å². The average Bonchev–Trinajstić information content (AvgIpc) is 3.05. The zero-order chi connectivity index (χ0) is 23.5. The molecule has 4 rings (SSSR count). The van der Waals surface area contributed by atoms with Gasteiger partial charge in [0.2, 0.25) is 0 Å². The van der Waals surface area contributed by atoms with E-state index in [0.717, 1.165) is 0 Å². The van der Waals surface area contributed by atoms with E-state index >= 15 is 0 Å². The molecule has 6 nitrogen and oxygen atoms in total. The Hall–Kier alpha value is -4.00. The predicted octanol–water partition coefficient (Wildman–Crippen LogP) is 4.55. The number of hydrogen-bond donors (Lipinski definition) is 1. The summed E-state index contributed by atoms with van der Waals surface area (Å²) in [6.07, 6.45) is 3.18. The minimum Gasteiger partial charge on any atom is -0.507 e. The van der Waals surface area contributed by atoms with Crippen LogP contribution in [0.5, 0.6) is 5.75 Å². The SMILES string of the molecule is CCOc1ccc(/C(O)=C2/C(=O)C(=O)N(Cc3cccnc3)C2c2ccccc2F)c(C)c1. The van der Waals surface area contributed by atoms with Gasteiger partial charge in [-0.05, 0) is 55.3 Å². The van der Waals surface area contributed by atoms with Crippen LogP contribution in [0.2, 0.25) is 0 Å². The molecule has 1 aromatic heterocycles. The van der Waals surface area contributed by atoms with Crippen LogP contribution < -0.4 is 4.74 Å². The van der Waals surface area contributed by atoms with Crippen LogP contribution in [0.4, 0.5) is 4.39 Å². The van der Waals surface area contributed by atoms with E-state index in [4.69, 9.17) is 4.74 Å². The molecular weight excluding hydrogens is 423 g/mol. The Balaban J connectivity index is 1.87. The third-order valence-electron chi connectivity index (χ3n) is 5.58. The number of ketones is 1. The molecule has 2 aromatic carbocycles. The molecule has 0 spiro atoms. The van der Waals surface area contributed by atoms with Gasteiger partial charge < -0.3 is 14.7 Å². The van der Waals surface area contributed by atoms with Gasteiger partial charge in [-0.3, -0.25) is 14.6 Å². The smallest absolute Gasteiger partial charge is 0.295 e. The van der Waals surface area contributed by atoms with Crippen LogP contribution >= 0.6 is 0 Å². The number of hydrogen-bond acceptors (Lipinski definition) is 5. The molecule has 0 radical (unpaired) electrons. The minimum atomic E-state index is -1.09. The second kappa shape index (κ2) is 9.24. The number of aromatic nitrogens is 1. The highest BCUT2D eigenvalue weighted by atomic mass is 19.1. The van der Waals surface area contributed by atoms with Gasteiger partial charge in [0.15, 0.2) is 0 Å². The molecule has 0 bridgehead atoms. The van der Waals surface area contributed by atoms with Crippen molar-refractivity contribution >= 4 is 17.4 Å². The van der Waals surface area contributed by atoms with Gasteiger partial charge in [-0.25, -0.2) is 4.39 Å². The summed E-state index contributed by atoms with van der Waals surface area (Å²) >= 11 is 0. The lowest BCUT2D eigenvalue weighted by molar-refractivity contribution is -0.140. The molecule has 0 aliphatic carbocycles. The lowest BCUT2D eigenvalue weighted by Gasteiger charge is -2.25. The monoisotopic (exact) mass is 446 g/mol. The summed E-state index contributed by atoms with van der Waals surface area (Å²) in [7, 11) is 0. The van der Waals surface area contributed by atoms with Gasteiger partial charge in [-0.15, -0.1) is 0 Å². The van der Waals surface area contributed by atoms with E-state index < -0.39 is 23.5 Å². The quantitative estimate of drug-likeness (QED) is 0.341. The van der Waals surface area contributed by atoms with Crippen molar-refractivity contribution in [2.24, 2.45) is 0 Å². The summed E-state index contributed by atoms with van der Waals surface area (Å²) in [6.45, 7) is 4.15. The number of likely N-dealkylation sites (tertiary alicyclic amines) is 1. The second-order valence-electron chi connectivity index (χ2n) is 7.72. The number of nitrogens with zero attached hydrogens (tertiary/aromatic N) is 2.